The topological polar surface area (TPSA) is 69.9 Å². The molecule has 0 atom stereocenters. The molecule has 0 aliphatic rings. The van der Waals surface area contributed by atoms with E-state index >= 15 is 0 Å². The molecular weight excluding hydrogens is 131 g/mol. The van der Waals surface area contributed by atoms with Crippen LogP contribution in [0.15, 0.2) is 0 Å². The molecule has 0 spiro atoms. The summed E-state index contributed by atoms with van der Waals surface area (Å²) < 4.78 is 4.24. The van der Waals surface area contributed by atoms with Gasteiger partial charge in [-0.3, -0.25) is 0 Å². The first kappa shape index (κ1) is 8.27. The first-order chi connectivity index (χ1) is 3.42. The first-order valence-electron chi connectivity index (χ1n) is 2.27. The van der Waals surface area contributed by atoms with Gasteiger partial charge in [0.25, 0.3) is 0 Å². The third kappa shape index (κ3) is 6.27. The summed E-state index contributed by atoms with van der Waals surface area (Å²) in [6, 6.07) is 0. The Balaban J connectivity index is 3.39. The molecule has 5 heteroatoms. The fraction of sp³-hybridized carbons (Fsp3) is 1.00. The Labute approximate surface area is 48.4 Å². The van der Waals surface area contributed by atoms with Gasteiger partial charge in [0.1, 0.15) is 0 Å². The van der Waals surface area contributed by atoms with E-state index in [0.29, 0.717) is 0 Å². The van der Waals surface area contributed by atoms with Crippen LogP contribution in [0.25, 0.3) is 0 Å². The van der Waals surface area contributed by atoms with Gasteiger partial charge >= 0.3 is 47.3 Å². The van der Waals surface area contributed by atoms with Gasteiger partial charge in [-0.05, 0) is 0 Å². The Morgan fingerprint density at radius 1 is 1.25 bits per heavy atom. The third-order valence-corrected chi connectivity index (χ3v) is 1.18. The monoisotopic (exact) mass is 142 g/mol. The maximum atomic E-state index is 8.22. The molecule has 0 aliphatic heterocycles. The molecule has 8 heavy (non-hydrogen) atoms. The van der Waals surface area contributed by atoms with Crippen LogP contribution >= 0.6 is 8.17 Å². The van der Waals surface area contributed by atoms with Crippen LogP contribution in [-0.2, 0) is 4.52 Å². The Morgan fingerprint density at radius 3 is 1.62 bits per heavy atom. The molecule has 0 unspecified atom stereocenters. The van der Waals surface area contributed by atoms with Crippen LogP contribution in [0.3, 0.4) is 0 Å². The van der Waals surface area contributed by atoms with Gasteiger partial charge in [0.2, 0.25) is 0 Å². The van der Waals surface area contributed by atoms with Crippen molar-refractivity contribution in [3.05, 3.63) is 0 Å². The second-order valence-electron chi connectivity index (χ2n) is 1.74. The van der Waals surface area contributed by atoms with Crippen LogP contribution in [0.5, 0.6) is 0 Å². The second-order valence-corrected chi connectivity index (χ2v) is 3.12. The third-order valence-electron chi connectivity index (χ3n) is 0.394. The van der Waals surface area contributed by atoms with Crippen molar-refractivity contribution in [3.63, 3.8) is 0 Å². The molecule has 0 saturated carbocycles. The van der Waals surface area contributed by atoms with Gasteiger partial charge in [-0.25, -0.2) is 0 Å². The number of hydrogen-bond acceptors (Lipinski definition) is 4. The van der Waals surface area contributed by atoms with E-state index in [9.17, 15) is 0 Å². The summed E-state index contributed by atoms with van der Waals surface area (Å²) in [5.41, 5.74) is 0. The fourth-order valence-electron chi connectivity index (χ4n) is 0.316. The van der Waals surface area contributed by atoms with E-state index < -0.39 is 8.17 Å². The first-order valence-corrected chi connectivity index (χ1v) is 4.02. The van der Waals surface area contributed by atoms with Crippen LogP contribution in [0.2, 0.25) is 0 Å². The van der Waals surface area contributed by atoms with Crippen molar-refractivity contribution in [2.24, 2.45) is 0 Å². The van der Waals surface area contributed by atoms with Crippen LogP contribution in [-0.4, -0.2) is 20.8 Å². The van der Waals surface area contributed by atoms with E-state index in [0.717, 1.165) is 0 Å². The second kappa shape index (κ2) is 2.71. The molecule has 0 amide bonds. The van der Waals surface area contributed by atoms with Crippen molar-refractivity contribution in [1.82, 2.24) is 0 Å². The molecule has 4 nitrogen and oxygen atoms in total. The van der Waals surface area contributed by atoms with Crippen LogP contribution in [0, 0.1) is 0 Å². The summed E-state index contributed by atoms with van der Waals surface area (Å²) in [5, 5.41) is 0. The predicted octanol–water partition coefficient (Wildman–Crippen LogP) is -0.202. The summed E-state index contributed by atoms with van der Waals surface area (Å²) in [6.07, 6.45) is -0.346. The summed E-state index contributed by atoms with van der Waals surface area (Å²) in [4.78, 5) is 24.6. The molecule has 0 aromatic heterocycles. The zero-order valence-corrected chi connectivity index (χ0v) is 5.83. The minimum absolute atomic E-state index is 0.346. The van der Waals surface area contributed by atoms with Crippen LogP contribution in [0.1, 0.15) is 13.8 Å². The molecule has 0 saturated heterocycles. The van der Waals surface area contributed by atoms with Gasteiger partial charge in [0.15, 0.2) is 0 Å². The molecule has 52 valence electrons. The van der Waals surface area contributed by atoms with Crippen molar-refractivity contribution in [2.45, 2.75) is 20.0 Å². The molecular formula is C3H11O4P. The maximum absolute atomic E-state index is 8.22. The molecule has 0 aromatic carbocycles. The Kier molecular flexibility index (Phi) is 2.80. The van der Waals surface area contributed by atoms with Crippen molar-refractivity contribution >= 4 is 8.17 Å². The van der Waals surface area contributed by atoms with Crippen molar-refractivity contribution in [1.29, 1.82) is 0 Å². The predicted molar refractivity (Wildman–Crippen MR) is 31.2 cm³/mol. The van der Waals surface area contributed by atoms with Gasteiger partial charge in [0.05, 0.1) is 0 Å². The van der Waals surface area contributed by atoms with Gasteiger partial charge < -0.3 is 0 Å². The molecule has 0 radical (unpaired) electrons. The number of rotatable bonds is 2. The molecule has 0 heterocycles. The van der Waals surface area contributed by atoms with Crippen LogP contribution in [0.4, 0.5) is 0 Å². The van der Waals surface area contributed by atoms with Gasteiger partial charge in [-0.15, -0.1) is 0 Å². The average Bonchev–Trinajstić information content (AvgIpc) is 1.21. The van der Waals surface area contributed by atoms with Crippen molar-refractivity contribution < 1.29 is 19.2 Å². The Hall–Kier alpha value is 0.270. The van der Waals surface area contributed by atoms with Gasteiger partial charge in [-0.2, -0.15) is 0 Å². The SMILES string of the molecule is CC(C)O[PH](O)(O)O. The van der Waals surface area contributed by atoms with Gasteiger partial charge in [0, 0.05) is 0 Å². The normalized spacial score (nSPS) is 14.8. The Morgan fingerprint density at radius 2 is 1.62 bits per heavy atom. The van der Waals surface area contributed by atoms with E-state index in [4.69, 9.17) is 14.7 Å². The molecule has 0 rings (SSSR count). The van der Waals surface area contributed by atoms with Crippen molar-refractivity contribution in [3.8, 4) is 0 Å². The fourth-order valence-corrected chi connectivity index (χ4v) is 0.949. The summed E-state index contributed by atoms with van der Waals surface area (Å²) in [5.74, 6) is 0. The standard InChI is InChI=1S/C3H11O4P/c1-3(2)7-8(4,5)6/h3-6,8H,1-2H3. The van der Waals surface area contributed by atoms with E-state index in [-0.39, 0.29) is 6.10 Å². The summed E-state index contributed by atoms with van der Waals surface area (Å²) in [6.45, 7) is 3.20. The average molecular weight is 142 g/mol. The van der Waals surface area contributed by atoms with Gasteiger partial charge in [-0.1, -0.05) is 0 Å². The molecule has 0 aliphatic carbocycles. The minimum atomic E-state index is -4.22. The van der Waals surface area contributed by atoms with E-state index in [1.54, 1.807) is 13.8 Å². The van der Waals surface area contributed by atoms with Crippen molar-refractivity contribution in [2.75, 3.05) is 0 Å². The van der Waals surface area contributed by atoms with E-state index in [2.05, 4.69) is 4.52 Å². The molecule has 0 fully saturated rings. The zero-order valence-electron chi connectivity index (χ0n) is 4.83. The van der Waals surface area contributed by atoms with Crippen LogP contribution < -0.4 is 0 Å². The number of hydrogen-bond donors (Lipinski definition) is 3. The van der Waals surface area contributed by atoms with E-state index in [1.807, 2.05) is 0 Å². The van der Waals surface area contributed by atoms with E-state index in [1.165, 1.54) is 0 Å². The molecule has 3 N–H and O–H groups in total. The molecule has 0 aromatic rings. The zero-order chi connectivity index (χ0) is 6.78. The Bertz CT molecular complexity index is 66.2. The summed E-state index contributed by atoms with van der Waals surface area (Å²) in [7, 11) is -4.22. The summed E-state index contributed by atoms with van der Waals surface area (Å²) >= 11 is 0. The molecule has 0 bridgehead atoms. The quantitative estimate of drug-likeness (QED) is 0.467.